The first-order valence-corrected chi connectivity index (χ1v) is 7.66. The maximum atomic E-state index is 11.6. The van der Waals surface area contributed by atoms with Crippen molar-refractivity contribution in [1.29, 1.82) is 0 Å². The Bertz CT molecular complexity index is 934. The molecule has 0 unspecified atom stereocenters. The quantitative estimate of drug-likeness (QED) is 0.336. The minimum atomic E-state index is -0.354. The number of rotatable bonds is 2. The molecular weight excluding hydrogens is 300 g/mol. The number of nitro groups is 1. The van der Waals surface area contributed by atoms with Crippen molar-refractivity contribution in [2.75, 3.05) is 5.73 Å². The molecule has 24 heavy (non-hydrogen) atoms. The Labute approximate surface area is 139 Å². The number of nitrogens with zero attached hydrogens (tertiary/aromatic N) is 1. The fourth-order valence-corrected chi connectivity index (χ4v) is 3.55. The van der Waals surface area contributed by atoms with Gasteiger partial charge in [-0.25, -0.2) is 0 Å². The van der Waals surface area contributed by atoms with Crippen molar-refractivity contribution >= 4 is 11.4 Å². The molecule has 1 aliphatic carbocycles. The fraction of sp³-hybridized carbons (Fsp3) is 0.0500. The third kappa shape index (κ3) is 2.00. The predicted molar refractivity (Wildman–Crippen MR) is 94.8 cm³/mol. The van der Waals surface area contributed by atoms with Crippen molar-refractivity contribution in [3.8, 4) is 11.1 Å². The van der Waals surface area contributed by atoms with E-state index < -0.39 is 0 Å². The monoisotopic (exact) mass is 315 g/mol. The standard InChI is InChI=1S/C20H15N2O2/c1-12-10-19(22(23)24)17(11-18(12)21)20-15-8-4-2-6-13(15)14-7-3-5-9-16(14)20/h2-11,20H,1,21H2. The van der Waals surface area contributed by atoms with Gasteiger partial charge in [0.15, 0.2) is 0 Å². The third-order valence-electron chi connectivity index (χ3n) is 4.63. The second-order valence-electron chi connectivity index (χ2n) is 5.97. The van der Waals surface area contributed by atoms with Gasteiger partial charge in [0.05, 0.1) is 4.92 Å². The van der Waals surface area contributed by atoms with E-state index in [2.05, 4.69) is 19.1 Å². The van der Waals surface area contributed by atoms with Gasteiger partial charge in [0, 0.05) is 23.2 Å². The molecule has 4 rings (SSSR count). The van der Waals surface area contributed by atoms with Crippen LogP contribution in [0, 0.1) is 17.0 Å². The lowest BCUT2D eigenvalue weighted by Gasteiger charge is -2.16. The zero-order valence-corrected chi connectivity index (χ0v) is 12.9. The van der Waals surface area contributed by atoms with Gasteiger partial charge in [-0.15, -0.1) is 0 Å². The van der Waals surface area contributed by atoms with Crippen molar-refractivity contribution in [1.82, 2.24) is 0 Å². The van der Waals surface area contributed by atoms with Crippen LogP contribution < -0.4 is 5.73 Å². The number of hydrogen-bond donors (Lipinski definition) is 1. The van der Waals surface area contributed by atoms with Crippen LogP contribution in [0.4, 0.5) is 11.4 Å². The Morgan fingerprint density at radius 2 is 1.46 bits per heavy atom. The molecule has 0 fully saturated rings. The van der Waals surface area contributed by atoms with Gasteiger partial charge in [-0.2, -0.15) is 0 Å². The first-order chi connectivity index (χ1) is 11.6. The first kappa shape index (κ1) is 14.5. The van der Waals surface area contributed by atoms with Gasteiger partial charge in [0.25, 0.3) is 5.69 Å². The van der Waals surface area contributed by atoms with Crippen molar-refractivity contribution in [2.24, 2.45) is 0 Å². The Kier molecular flexibility index (Phi) is 3.13. The molecule has 3 aromatic carbocycles. The van der Waals surface area contributed by atoms with Gasteiger partial charge in [0.1, 0.15) is 0 Å². The zero-order chi connectivity index (χ0) is 16.8. The average molecular weight is 315 g/mol. The average Bonchev–Trinajstić information content (AvgIpc) is 2.91. The molecule has 1 aliphatic rings. The number of nitrogens with two attached hydrogens (primary N) is 1. The number of hydrogen-bond acceptors (Lipinski definition) is 3. The lowest BCUT2D eigenvalue weighted by Crippen LogP contribution is -2.06. The van der Waals surface area contributed by atoms with Crippen molar-refractivity contribution in [2.45, 2.75) is 5.92 Å². The van der Waals surface area contributed by atoms with E-state index in [4.69, 9.17) is 5.73 Å². The lowest BCUT2D eigenvalue weighted by molar-refractivity contribution is -0.385. The number of benzene rings is 3. The summed E-state index contributed by atoms with van der Waals surface area (Å²) in [6.45, 7) is 3.79. The SMILES string of the molecule is [CH2]c1cc([N+](=O)[O-])c(C2c3ccccc3-c3ccccc32)cc1N. The molecule has 0 heterocycles. The highest BCUT2D eigenvalue weighted by molar-refractivity contribution is 5.82. The molecule has 4 nitrogen and oxygen atoms in total. The highest BCUT2D eigenvalue weighted by Crippen LogP contribution is 2.50. The topological polar surface area (TPSA) is 69.2 Å². The minimum Gasteiger partial charge on any atom is -0.398 e. The van der Waals surface area contributed by atoms with Crippen LogP contribution in [0.2, 0.25) is 0 Å². The molecule has 0 spiro atoms. The molecule has 0 aromatic heterocycles. The highest BCUT2D eigenvalue weighted by Gasteiger charge is 2.34. The summed E-state index contributed by atoms with van der Waals surface area (Å²) < 4.78 is 0. The number of nitro benzene ring substituents is 1. The highest BCUT2D eigenvalue weighted by atomic mass is 16.6. The van der Waals surface area contributed by atoms with E-state index in [0.29, 0.717) is 16.8 Å². The van der Waals surface area contributed by atoms with E-state index in [1.54, 1.807) is 6.07 Å². The van der Waals surface area contributed by atoms with Crippen LogP contribution in [0.5, 0.6) is 0 Å². The summed E-state index contributed by atoms with van der Waals surface area (Å²) >= 11 is 0. The van der Waals surface area contributed by atoms with Gasteiger partial charge in [0.2, 0.25) is 0 Å². The van der Waals surface area contributed by atoms with E-state index in [0.717, 1.165) is 22.3 Å². The zero-order valence-electron chi connectivity index (χ0n) is 12.9. The Balaban J connectivity index is 2.04. The van der Waals surface area contributed by atoms with Gasteiger partial charge in [-0.05, 0) is 40.8 Å². The lowest BCUT2D eigenvalue weighted by atomic mass is 9.87. The van der Waals surface area contributed by atoms with Crippen molar-refractivity contribution in [3.63, 3.8) is 0 Å². The number of nitrogen functional groups attached to an aromatic ring is 1. The Hall–Kier alpha value is -3.14. The van der Waals surface area contributed by atoms with Crippen molar-refractivity contribution < 1.29 is 4.92 Å². The first-order valence-electron chi connectivity index (χ1n) is 7.66. The van der Waals surface area contributed by atoms with Gasteiger partial charge < -0.3 is 5.73 Å². The van der Waals surface area contributed by atoms with Crippen LogP contribution in [0.1, 0.15) is 28.2 Å². The molecule has 0 amide bonds. The van der Waals surface area contributed by atoms with Crippen molar-refractivity contribution in [3.05, 3.63) is 100.0 Å². The predicted octanol–water partition coefficient (Wildman–Crippen LogP) is 4.52. The fourth-order valence-electron chi connectivity index (χ4n) is 3.55. The van der Waals surface area contributed by atoms with Gasteiger partial charge in [-0.3, -0.25) is 10.1 Å². The van der Waals surface area contributed by atoms with Crippen LogP contribution >= 0.6 is 0 Å². The molecular formula is C20H15N2O2. The maximum Gasteiger partial charge on any atom is 0.273 e. The molecule has 2 N–H and O–H groups in total. The molecule has 0 bridgehead atoms. The molecule has 0 aliphatic heterocycles. The van der Waals surface area contributed by atoms with E-state index >= 15 is 0 Å². The van der Waals surface area contributed by atoms with E-state index in [1.165, 1.54) is 6.07 Å². The van der Waals surface area contributed by atoms with Crippen LogP contribution in [-0.4, -0.2) is 4.92 Å². The summed E-state index contributed by atoms with van der Waals surface area (Å²) in [5, 5.41) is 11.6. The van der Waals surface area contributed by atoms with Crippen LogP contribution in [-0.2, 0) is 0 Å². The molecule has 3 aromatic rings. The maximum absolute atomic E-state index is 11.6. The molecule has 0 saturated heterocycles. The smallest absolute Gasteiger partial charge is 0.273 e. The molecule has 1 radical (unpaired) electrons. The molecule has 117 valence electrons. The summed E-state index contributed by atoms with van der Waals surface area (Å²) in [5.74, 6) is -0.194. The number of anilines is 1. The summed E-state index contributed by atoms with van der Waals surface area (Å²) in [6, 6.07) is 19.2. The Morgan fingerprint density at radius 3 is 2.00 bits per heavy atom. The van der Waals surface area contributed by atoms with Gasteiger partial charge in [-0.1, -0.05) is 48.5 Å². The molecule has 0 saturated carbocycles. The largest absolute Gasteiger partial charge is 0.398 e. The summed E-state index contributed by atoms with van der Waals surface area (Å²) in [6.07, 6.45) is 0. The van der Waals surface area contributed by atoms with Crippen LogP contribution in [0.15, 0.2) is 60.7 Å². The van der Waals surface area contributed by atoms with E-state index in [9.17, 15) is 10.1 Å². The van der Waals surface area contributed by atoms with Crippen LogP contribution in [0.3, 0.4) is 0 Å². The minimum absolute atomic E-state index is 0.0608. The molecule has 4 heteroatoms. The normalized spacial score (nSPS) is 12.7. The van der Waals surface area contributed by atoms with Gasteiger partial charge >= 0.3 is 0 Å². The second-order valence-corrected chi connectivity index (χ2v) is 5.97. The second kappa shape index (κ2) is 5.20. The molecule has 0 atom stereocenters. The van der Waals surface area contributed by atoms with Crippen LogP contribution in [0.25, 0.3) is 11.1 Å². The Morgan fingerprint density at radius 1 is 0.917 bits per heavy atom. The van der Waals surface area contributed by atoms with E-state index in [-0.39, 0.29) is 16.5 Å². The number of fused-ring (bicyclic) bond motifs is 3. The van der Waals surface area contributed by atoms with E-state index in [1.807, 2.05) is 36.4 Å². The summed E-state index contributed by atoms with van der Waals surface area (Å²) in [4.78, 5) is 11.2. The summed E-state index contributed by atoms with van der Waals surface area (Å²) in [7, 11) is 0. The summed E-state index contributed by atoms with van der Waals surface area (Å²) in [5.41, 5.74) is 12.0. The third-order valence-corrected chi connectivity index (χ3v) is 4.63.